The van der Waals surface area contributed by atoms with E-state index in [-0.39, 0.29) is 5.75 Å². The quantitative estimate of drug-likeness (QED) is 0.781. The van der Waals surface area contributed by atoms with Gasteiger partial charge in [-0.25, -0.2) is 8.42 Å². The van der Waals surface area contributed by atoms with Crippen molar-refractivity contribution < 1.29 is 23.1 Å². The Morgan fingerprint density at radius 1 is 1.32 bits per heavy atom. The average Bonchev–Trinajstić information content (AvgIpc) is 2.24. The third-order valence-corrected chi connectivity index (χ3v) is 4.03. The lowest BCUT2D eigenvalue weighted by atomic mass is 10.2. The normalized spacial score (nSPS) is 11.0. The first-order valence-corrected chi connectivity index (χ1v) is 7.83. The van der Waals surface area contributed by atoms with Crippen LogP contribution in [-0.4, -0.2) is 37.7 Å². The van der Waals surface area contributed by atoms with Gasteiger partial charge in [-0.3, -0.25) is 9.59 Å². The molecule has 0 fully saturated rings. The summed E-state index contributed by atoms with van der Waals surface area (Å²) in [6.07, 6.45) is 0. The molecule has 0 spiro atoms. The molecule has 0 aliphatic heterocycles. The van der Waals surface area contributed by atoms with Crippen molar-refractivity contribution in [2.24, 2.45) is 0 Å². The first-order valence-electron chi connectivity index (χ1n) is 5.22. The van der Waals surface area contributed by atoms with Crippen LogP contribution in [0.5, 0.6) is 0 Å². The van der Waals surface area contributed by atoms with Crippen LogP contribution in [0.25, 0.3) is 0 Å². The molecule has 0 aliphatic carbocycles. The number of carboxylic acids is 1. The molecule has 1 aromatic carbocycles. The summed E-state index contributed by atoms with van der Waals surface area (Å²) in [5, 5.41) is 10.4. The summed E-state index contributed by atoms with van der Waals surface area (Å²) in [5.41, 5.74) is 0.556. The lowest BCUT2D eigenvalue weighted by Gasteiger charge is -2.05. The maximum atomic E-state index is 11.7. The number of hydrogen-bond donors (Lipinski definition) is 2. The van der Waals surface area contributed by atoms with Gasteiger partial charge in [-0.2, -0.15) is 0 Å². The molecular weight excluding hydrogens is 338 g/mol. The maximum Gasteiger partial charge on any atom is 0.322 e. The van der Waals surface area contributed by atoms with Crippen molar-refractivity contribution >= 4 is 37.6 Å². The minimum atomic E-state index is -3.62. The molecule has 0 unspecified atom stereocenters. The van der Waals surface area contributed by atoms with Crippen LogP contribution in [0.15, 0.2) is 28.7 Å². The predicted molar refractivity (Wildman–Crippen MR) is 72.3 cm³/mol. The van der Waals surface area contributed by atoms with Gasteiger partial charge in [0.15, 0.2) is 9.84 Å². The fourth-order valence-corrected chi connectivity index (χ4v) is 3.09. The second kappa shape index (κ2) is 6.67. The number of carbonyl (C=O) groups is 2. The summed E-state index contributed by atoms with van der Waals surface area (Å²) >= 11 is 3.22. The Kier molecular flexibility index (Phi) is 5.49. The largest absolute Gasteiger partial charge is 0.480 e. The van der Waals surface area contributed by atoms with Crippen molar-refractivity contribution in [3.05, 3.63) is 34.3 Å². The highest BCUT2D eigenvalue weighted by molar-refractivity contribution is 9.10. The highest BCUT2D eigenvalue weighted by atomic mass is 79.9. The lowest BCUT2D eigenvalue weighted by Crippen LogP contribution is -2.34. The van der Waals surface area contributed by atoms with Gasteiger partial charge in [-0.15, -0.1) is 0 Å². The van der Waals surface area contributed by atoms with Crippen LogP contribution in [-0.2, 0) is 25.2 Å². The van der Waals surface area contributed by atoms with Crippen molar-refractivity contribution in [1.29, 1.82) is 0 Å². The second-order valence-electron chi connectivity index (χ2n) is 3.83. The zero-order chi connectivity index (χ0) is 14.5. The summed E-state index contributed by atoms with van der Waals surface area (Å²) in [4.78, 5) is 21.5. The Morgan fingerprint density at radius 3 is 2.58 bits per heavy atom. The molecule has 0 aromatic heterocycles. The Morgan fingerprint density at radius 2 is 2.00 bits per heavy atom. The van der Waals surface area contributed by atoms with Crippen molar-refractivity contribution in [1.82, 2.24) is 5.32 Å². The third kappa shape index (κ3) is 6.35. The molecule has 0 bridgehead atoms. The number of benzene rings is 1. The molecule has 2 N–H and O–H groups in total. The highest BCUT2D eigenvalue weighted by Crippen LogP contribution is 2.14. The molecular formula is C11H12BrNO5S. The van der Waals surface area contributed by atoms with Gasteiger partial charge in [0, 0.05) is 4.47 Å². The Bertz CT molecular complexity index is 585. The first kappa shape index (κ1) is 15.6. The number of aliphatic carboxylic acids is 1. The van der Waals surface area contributed by atoms with Crippen LogP contribution >= 0.6 is 15.9 Å². The fourth-order valence-electron chi connectivity index (χ4n) is 1.36. The van der Waals surface area contributed by atoms with Crippen LogP contribution in [0.3, 0.4) is 0 Å². The lowest BCUT2D eigenvalue weighted by molar-refractivity contribution is -0.137. The van der Waals surface area contributed by atoms with E-state index >= 15 is 0 Å². The van der Waals surface area contributed by atoms with E-state index in [1.54, 1.807) is 24.3 Å². The molecule has 0 aliphatic rings. The molecule has 104 valence electrons. The Balaban J connectivity index is 2.61. The van der Waals surface area contributed by atoms with Gasteiger partial charge in [-0.05, 0) is 17.7 Å². The number of amides is 1. The molecule has 8 heteroatoms. The van der Waals surface area contributed by atoms with Gasteiger partial charge in [0.2, 0.25) is 5.91 Å². The molecule has 0 saturated carbocycles. The van der Waals surface area contributed by atoms with Crippen LogP contribution in [0.4, 0.5) is 0 Å². The monoisotopic (exact) mass is 349 g/mol. The van der Waals surface area contributed by atoms with Crippen LogP contribution in [0, 0.1) is 0 Å². The summed E-state index contributed by atoms with van der Waals surface area (Å²) in [6, 6.07) is 6.74. The molecule has 0 saturated heterocycles. The Labute approximate surface area is 118 Å². The number of carboxylic acid groups (broad SMARTS) is 1. The van der Waals surface area contributed by atoms with Crippen molar-refractivity contribution in [2.45, 2.75) is 5.75 Å². The number of carbonyl (C=O) groups excluding carboxylic acids is 1. The van der Waals surface area contributed by atoms with E-state index in [1.165, 1.54) is 0 Å². The standard InChI is InChI=1S/C11H12BrNO5S/c12-9-3-1-2-8(4-9)6-19(17,18)7-10(14)13-5-11(15)16/h1-4H,5-7H2,(H,13,14)(H,15,16). The van der Waals surface area contributed by atoms with Gasteiger partial charge in [0.1, 0.15) is 12.3 Å². The minimum absolute atomic E-state index is 0.271. The van der Waals surface area contributed by atoms with Gasteiger partial charge >= 0.3 is 5.97 Å². The summed E-state index contributed by atoms with van der Waals surface area (Å²) in [5.74, 6) is -3.05. The fraction of sp³-hybridized carbons (Fsp3) is 0.273. The van der Waals surface area contributed by atoms with E-state index in [9.17, 15) is 18.0 Å². The molecule has 1 aromatic rings. The van der Waals surface area contributed by atoms with Crippen molar-refractivity contribution in [2.75, 3.05) is 12.3 Å². The summed E-state index contributed by atoms with van der Waals surface area (Å²) < 4.78 is 24.2. The van der Waals surface area contributed by atoms with E-state index in [0.717, 1.165) is 4.47 Å². The minimum Gasteiger partial charge on any atom is -0.480 e. The SMILES string of the molecule is O=C(O)CNC(=O)CS(=O)(=O)Cc1cccc(Br)c1. The van der Waals surface area contributed by atoms with Gasteiger partial charge < -0.3 is 10.4 Å². The molecule has 1 rings (SSSR count). The molecule has 0 atom stereocenters. The zero-order valence-corrected chi connectivity index (χ0v) is 12.2. The van der Waals surface area contributed by atoms with Crippen molar-refractivity contribution in [3.8, 4) is 0 Å². The zero-order valence-electron chi connectivity index (χ0n) is 9.80. The van der Waals surface area contributed by atoms with E-state index in [1.807, 2.05) is 5.32 Å². The predicted octanol–water partition coefficient (Wildman–Crippen LogP) is 0.565. The number of nitrogens with one attached hydrogen (secondary N) is 1. The van der Waals surface area contributed by atoms with Gasteiger partial charge in [0.05, 0.1) is 5.75 Å². The highest BCUT2D eigenvalue weighted by Gasteiger charge is 2.17. The van der Waals surface area contributed by atoms with Crippen molar-refractivity contribution in [3.63, 3.8) is 0 Å². The third-order valence-electron chi connectivity index (χ3n) is 2.06. The number of sulfone groups is 1. The average molecular weight is 350 g/mol. The summed E-state index contributed by atoms with van der Waals surface area (Å²) in [7, 11) is -3.62. The van der Waals surface area contributed by atoms with E-state index in [4.69, 9.17) is 5.11 Å². The van der Waals surface area contributed by atoms with Crippen LogP contribution in [0.2, 0.25) is 0 Å². The second-order valence-corrected chi connectivity index (χ2v) is 6.81. The van der Waals surface area contributed by atoms with Gasteiger partial charge in [0.25, 0.3) is 0 Å². The first-order chi connectivity index (χ1) is 8.78. The maximum absolute atomic E-state index is 11.7. The smallest absolute Gasteiger partial charge is 0.322 e. The Hall–Kier alpha value is -1.41. The van der Waals surface area contributed by atoms with Gasteiger partial charge in [-0.1, -0.05) is 28.1 Å². The molecule has 0 heterocycles. The topological polar surface area (TPSA) is 101 Å². The van der Waals surface area contributed by atoms with Crippen LogP contribution in [0.1, 0.15) is 5.56 Å². The van der Waals surface area contributed by atoms with E-state index in [2.05, 4.69) is 15.9 Å². The van der Waals surface area contributed by atoms with E-state index in [0.29, 0.717) is 5.56 Å². The number of halogens is 1. The van der Waals surface area contributed by atoms with E-state index < -0.39 is 34.0 Å². The number of rotatable bonds is 6. The molecule has 1 amide bonds. The van der Waals surface area contributed by atoms with Crippen LogP contribution < -0.4 is 5.32 Å². The molecule has 0 radical (unpaired) electrons. The number of hydrogen-bond acceptors (Lipinski definition) is 4. The molecule has 19 heavy (non-hydrogen) atoms. The summed E-state index contributed by atoms with van der Waals surface area (Å²) in [6.45, 7) is -0.592. The molecule has 6 nitrogen and oxygen atoms in total.